The number of aliphatic hydroxyl groups is 1. The van der Waals surface area contributed by atoms with E-state index in [1.165, 1.54) is 17.3 Å². The van der Waals surface area contributed by atoms with E-state index in [1.807, 2.05) is 0 Å². The number of anilines is 1. The fourth-order valence-corrected chi connectivity index (χ4v) is 2.10. The molecule has 1 heterocycles. The third-order valence-corrected chi connectivity index (χ3v) is 3.50. The van der Waals surface area contributed by atoms with Crippen molar-refractivity contribution in [2.75, 3.05) is 18.9 Å². The van der Waals surface area contributed by atoms with Crippen molar-refractivity contribution in [3.63, 3.8) is 0 Å². The second-order valence-corrected chi connectivity index (χ2v) is 5.50. The van der Waals surface area contributed by atoms with E-state index < -0.39 is 12.7 Å². The summed E-state index contributed by atoms with van der Waals surface area (Å²) in [6.45, 7) is -0.578. The smallest absolute Gasteiger partial charge is 0.321 e. The van der Waals surface area contributed by atoms with Gasteiger partial charge < -0.3 is 15.3 Å². The quantitative estimate of drug-likeness (QED) is 0.850. The van der Waals surface area contributed by atoms with Crippen molar-refractivity contribution in [2.45, 2.75) is 26.0 Å². The first-order chi connectivity index (χ1) is 11.4. The van der Waals surface area contributed by atoms with Crippen LogP contribution >= 0.6 is 0 Å². The van der Waals surface area contributed by atoms with Crippen molar-refractivity contribution in [2.24, 2.45) is 0 Å². The summed E-state index contributed by atoms with van der Waals surface area (Å²) in [5.74, 6) is 0.164. The minimum atomic E-state index is -2.66. The zero-order valence-electron chi connectivity index (χ0n) is 13.5. The fourth-order valence-electron chi connectivity index (χ4n) is 2.10. The van der Waals surface area contributed by atoms with E-state index in [2.05, 4.69) is 10.3 Å². The van der Waals surface area contributed by atoms with Gasteiger partial charge in [-0.1, -0.05) is 0 Å². The van der Waals surface area contributed by atoms with Crippen LogP contribution < -0.4 is 5.32 Å². The Kier molecular flexibility index (Phi) is 5.86. The Labute approximate surface area is 138 Å². The monoisotopic (exact) mass is 338 g/mol. The van der Waals surface area contributed by atoms with Crippen LogP contribution in [0.3, 0.4) is 0 Å². The Morgan fingerprint density at radius 3 is 2.62 bits per heavy atom. The van der Waals surface area contributed by atoms with Gasteiger partial charge in [0.15, 0.2) is 0 Å². The lowest BCUT2D eigenvalue weighted by atomic mass is 10.2. The predicted octanol–water partition coefficient (Wildman–Crippen LogP) is 3.18. The summed E-state index contributed by atoms with van der Waals surface area (Å²) in [7, 11) is 1.63. The summed E-state index contributed by atoms with van der Waals surface area (Å²) in [5, 5.41) is 11.9. The van der Waals surface area contributed by atoms with Gasteiger partial charge in [-0.15, -0.1) is 0 Å². The largest absolute Gasteiger partial charge is 0.393 e. The number of nitrogens with zero attached hydrogens (tertiary/aromatic N) is 3. The highest BCUT2D eigenvalue weighted by molar-refractivity contribution is 5.89. The predicted molar refractivity (Wildman–Crippen MR) is 86.9 cm³/mol. The van der Waals surface area contributed by atoms with Crippen LogP contribution in [0.4, 0.5) is 19.3 Å². The molecule has 2 rings (SSSR count). The fraction of sp³-hybridized carbons (Fsp3) is 0.375. The Morgan fingerprint density at radius 1 is 1.38 bits per heavy atom. The minimum Gasteiger partial charge on any atom is -0.393 e. The van der Waals surface area contributed by atoms with Crippen LogP contribution in [-0.4, -0.2) is 45.3 Å². The summed E-state index contributed by atoms with van der Waals surface area (Å²) in [5.41, 5.74) is 1.07. The SMILES string of the molecule is C[C@H](O)CCN(C)C(=O)Nc1ccc(-c2nccn2C(F)F)cc1. The molecule has 0 aliphatic heterocycles. The number of aliphatic hydroxyl groups excluding tert-OH is 1. The molecule has 0 saturated carbocycles. The summed E-state index contributed by atoms with van der Waals surface area (Å²) < 4.78 is 26.5. The topological polar surface area (TPSA) is 70.4 Å². The van der Waals surface area contributed by atoms with E-state index in [0.717, 1.165) is 4.57 Å². The molecule has 0 radical (unpaired) electrons. The van der Waals surface area contributed by atoms with Crippen molar-refractivity contribution >= 4 is 11.7 Å². The van der Waals surface area contributed by atoms with Crippen molar-refractivity contribution in [3.05, 3.63) is 36.7 Å². The maximum atomic E-state index is 12.9. The van der Waals surface area contributed by atoms with Crippen LogP contribution in [-0.2, 0) is 0 Å². The zero-order valence-corrected chi connectivity index (χ0v) is 13.5. The lowest BCUT2D eigenvalue weighted by molar-refractivity contribution is 0.0720. The van der Waals surface area contributed by atoms with Crippen LogP contribution in [0.5, 0.6) is 0 Å². The van der Waals surface area contributed by atoms with E-state index in [4.69, 9.17) is 0 Å². The highest BCUT2D eigenvalue weighted by atomic mass is 19.3. The lowest BCUT2D eigenvalue weighted by Gasteiger charge is -2.18. The van der Waals surface area contributed by atoms with Gasteiger partial charge in [-0.2, -0.15) is 8.78 Å². The minimum absolute atomic E-state index is 0.164. The standard InChI is InChI=1S/C16H20F2N4O2/c1-11(23)7-9-21(2)16(24)20-13-5-3-12(4-6-13)14-19-8-10-22(14)15(17)18/h3-6,8,10-11,15,23H,7,9H2,1-2H3,(H,20,24)/t11-/m0/s1. The molecule has 0 saturated heterocycles. The van der Waals surface area contributed by atoms with E-state index in [0.29, 0.717) is 24.2 Å². The number of halogens is 2. The zero-order chi connectivity index (χ0) is 17.7. The number of carbonyl (C=O) groups excluding carboxylic acids is 1. The number of alkyl halides is 2. The van der Waals surface area contributed by atoms with E-state index in [1.54, 1.807) is 38.2 Å². The van der Waals surface area contributed by atoms with E-state index >= 15 is 0 Å². The van der Waals surface area contributed by atoms with Crippen molar-refractivity contribution in [1.29, 1.82) is 0 Å². The molecule has 1 atom stereocenters. The molecule has 24 heavy (non-hydrogen) atoms. The van der Waals surface area contributed by atoms with E-state index in [9.17, 15) is 18.7 Å². The summed E-state index contributed by atoms with van der Waals surface area (Å²) in [4.78, 5) is 17.4. The number of imidazole rings is 1. The van der Waals surface area contributed by atoms with Crippen molar-refractivity contribution < 1.29 is 18.7 Å². The highest BCUT2D eigenvalue weighted by Crippen LogP contribution is 2.24. The van der Waals surface area contributed by atoms with Crippen LogP contribution in [0.1, 0.15) is 19.9 Å². The molecule has 0 aliphatic carbocycles. The molecule has 2 aromatic rings. The molecular weight excluding hydrogens is 318 g/mol. The Bertz CT molecular complexity index is 671. The second-order valence-electron chi connectivity index (χ2n) is 5.50. The Hall–Kier alpha value is -2.48. The molecule has 8 heteroatoms. The van der Waals surface area contributed by atoms with Crippen molar-refractivity contribution in [1.82, 2.24) is 14.5 Å². The van der Waals surface area contributed by atoms with Crippen molar-refractivity contribution in [3.8, 4) is 11.4 Å². The molecule has 1 aromatic carbocycles. The first-order valence-electron chi connectivity index (χ1n) is 7.50. The van der Waals surface area contributed by atoms with Gasteiger partial charge in [-0.3, -0.25) is 4.57 Å². The Balaban J connectivity index is 2.02. The summed E-state index contributed by atoms with van der Waals surface area (Å²) in [6.07, 6.45) is 2.54. The van der Waals surface area contributed by atoms with Crippen LogP contribution in [0, 0.1) is 0 Å². The average molecular weight is 338 g/mol. The number of nitrogens with one attached hydrogen (secondary N) is 1. The first-order valence-corrected chi connectivity index (χ1v) is 7.50. The number of rotatable bonds is 6. The first kappa shape index (κ1) is 17.9. The van der Waals surface area contributed by atoms with Gasteiger partial charge in [0, 0.05) is 37.2 Å². The number of hydrogen-bond donors (Lipinski definition) is 2. The third kappa shape index (κ3) is 4.51. The van der Waals surface area contributed by atoms with Gasteiger partial charge in [0.1, 0.15) is 5.82 Å². The average Bonchev–Trinajstić information content (AvgIpc) is 3.03. The number of benzene rings is 1. The molecule has 0 unspecified atom stereocenters. The molecule has 6 nitrogen and oxygen atoms in total. The van der Waals surface area contributed by atoms with E-state index in [-0.39, 0.29) is 11.9 Å². The lowest BCUT2D eigenvalue weighted by Crippen LogP contribution is -2.33. The molecule has 1 aromatic heterocycles. The van der Waals surface area contributed by atoms with Gasteiger partial charge in [0.05, 0.1) is 6.10 Å². The number of urea groups is 1. The third-order valence-electron chi connectivity index (χ3n) is 3.50. The van der Waals surface area contributed by atoms with Gasteiger partial charge >= 0.3 is 12.6 Å². The normalized spacial score (nSPS) is 12.2. The molecule has 0 spiro atoms. The molecule has 0 fully saturated rings. The van der Waals surface area contributed by atoms with Crippen LogP contribution in [0.15, 0.2) is 36.7 Å². The van der Waals surface area contributed by atoms with Gasteiger partial charge in [0.2, 0.25) is 0 Å². The van der Waals surface area contributed by atoms with Gasteiger partial charge in [-0.25, -0.2) is 9.78 Å². The number of aromatic nitrogens is 2. The molecule has 2 amide bonds. The molecule has 130 valence electrons. The number of hydrogen-bond acceptors (Lipinski definition) is 3. The summed E-state index contributed by atoms with van der Waals surface area (Å²) in [6, 6.07) is 6.18. The maximum Gasteiger partial charge on any atom is 0.321 e. The van der Waals surface area contributed by atoms with Gasteiger partial charge in [-0.05, 0) is 37.6 Å². The summed E-state index contributed by atoms with van der Waals surface area (Å²) >= 11 is 0. The number of amides is 2. The second kappa shape index (κ2) is 7.87. The molecule has 0 aliphatic rings. The molecule has 0 bridgehead atoms. The maximum absolute atomic E-state index is 12.9. The van der Waals surface area contributed by atoms with Gasteiger partial charge in [0.25, 0.3) is 0 Å². The molecular formula is C16H20F2N4O2. The highest BCUT2D eigenvalue weighted by Gasteiger charge is 2.14. The molecule has 2 N–H and O–H groups in total. The number of carbonyl (C=O) groups is 1. The van der Waals surface area contributed by atoms with Crippen LogP contribution in [0.25, 0.3) is 11.4 Å². The Morgan fingerprint density at radius 2 is 2.04 bits per heavy atom. The van der Waals surface area contributed by atoms with Crippen LogP contribution in [0.2, 0.25) is 0 Å².